The number of hydrogen-bond acceptors (Lipinski definition) is 4. The molecule has 98 valence electrons. The molecule has 0 spiro atoms. The molecule has 0 bridgehead atoms. The highest BCUT2D eigenvalue weighted by Crippen LogP contribution is 2.18. The molecule has 1 heterocycles. The molecule has 1 amide bonds. The quantitative estimate of drug-likeness (QED) is 0.732. The van der Waals surface area contributed by atoms with Crippen molar-refractivity contribution in [1.29, 1.82) is 5.26 Å². The van der Waals surface area contributed by atoms with Gasteiger partial charge in [0.15, 0.2) is 0 Å². The lowest BCUT2D eigenvalue weighted by Gasteiger charge is -2.10. The molecule has 0 aromatic carbocycles. The fourth-order valence-corrected chi connectivity index (χ4v) is 1.91. The Kier molecular flexibility index (Phi) is 5.31. The van der Waals surface area contributed by atoms with Crippen molar-refractivity contribution in [2.24, 2.45) is 5.73 Å². The molecule has 6 heteroatoms. The van der Waals surface area contributed by atoms with Gasteiger partial charge in [0.2, 0.25) is 5.91 Å². The van der Waals surface area contributed by atoms with E-state index in [0.717, 1.165) is 25.1 Å². The average Bonchev–Trinajstić information content (AvgIpc) is 2.66. The zero-order chi connectivity index (χ0) is 13.5. The Morgan fingerprint density at radius 2 is 2.22 bits per heavy atom. The van der Waals surface area contributed by atoms with Gasteiger partial charge in [-0.15, -0.1) is 5.10 Å². The van der Waals surface area contributed by atoms with Gasteiger partial charge in [0, 0.05) is 13.0 Å². The lowest BCUT2D eigenvalue weighted by molar-refractivity contribution is -0.117. The molecular formula is C12H19N5O. The lowest BCUT2D eigenvalue weighted by atomic mass is 10.1. The van der Waals surface area contributed by atoms with Gasteiger partial charge in [-0.2, -0.15) is 5.26 Å². The number of unbranched alkanes of at least 4 members (excludes halogenated alkanes) is 2. The number of aromatic nitrogens is 3. The molecular weight excluding hydrogens is 230 g/mol. The molecule has 0 fully saturated rings. The summed E-state index contributed by atoms with van der Waals surface area (Å²) in [6.45, 7) is 4.80. The summed E-state index contributed by atoms with van der Waals surface area (Å²) in [6, 6.07) is 2.12. The monoisotopic (exact) mass is 249 g/mol. The minimum absolute atomic E-state index is 0.131. The van der Waals surface area contributed by atoms with Crippen LogP contribution in [0.1, 0.15) is 50.4 Å². The van der Waals surface area contributed by atoms with Crippen LogP contribution in [0, 0.1) is 11.3 Å². The molecule has 0 aliphatic heterocycles. The molecule has 1 rings (SSSR count). The molecule has 0 unspecified atom stereocenters. The number of nitrogens with zero attached hydrogens (tertiary/aromatic N) is 4. The number of aryl methyl sites for hydroxylation is 1. The first-order valence-corrected chi connectivity index (χ1v) is 6.13. The first-order chi connectivity index (χ1) is 8.56. The summed E-state index contributed by atoms with van der Waals surface area (Å²) in [4.78, 5) is 11.0. The maximum atomic E-state index is 11.0. The molecule has 18 heavy (non-hydrogen) atoms. The third kappa shape index (κ3) is 3.84. The first kappa shape index (κ1) is 14.2. The summed E-state index contributed by atoms with van der Waals surface area (Å²) in [5, 5.41) is 16.6. The SMILES string of the molecule is CC(C)c1c(CC(N)=O)nnn1CCCCC#N. The predicted molar refractivity (Wildman–Crippen MR) is 66.5 cm³/mol. The van der Waals surface area contributed by atoms with E-state index >= 15 is 0 Å². The largest absolute Gasteiger partial charge is 0.369 e. The Morgan fingerprint density at radius 3 is 2.78 bits per heavy atom. The molecule has 1 aromatic heterocycles. The summed E-state index contributed by atoms with van der Waals surface area (Å²) in [5.74, 6) is -0.154. The van der Waals surface area contributed by atoms with Crippen molar-refractivity contribution in [3.05, 3.63) is 11.4 Å². The molecule has 0 saturated heterocycles. The molecule has 6 nitrogen and oxygen atoms in total. The van der Waals surface area contributed by atoms with Gasteiger partial charge < -0.3 is 5.73 Å². The topological polar surface area (TPSA) is 97.6 Å². The van der Waals surface area contributed by atoms with Gasteiger partial charge in [-0.05, 0) is 18.8 Å². The molecule has 0 atom stereocenters. The normalized spacial score (nSPS) is 10.6. The van der Waals surface area contributed by atoms with E-state index in [4.69, 9.17) is 11.0 Å². The van der Waals surface area contributed by atoms with Crippen molar-refractivity contribution >= 4 is 5.91 Å². The van der Waals surface area contributed by atoms with Crippen molar-refractivity contribution in [3.63, 3.8) is 0 Å². The molecule has 1 aromatic rings. The number of carbonyl (C=O) groups excluding carboxylic acids is 1. The second kappa shape index (κ2) is 6.74. The smallest absolute Gasteiger partial charge is 0.223 e. The van der Waals surface area contributed by atoms with Crippen molar-refractivity contribution in [2.45, 2.75) is 52.0 Å². The molecule has 0 aliphatic carbocycles. The molecule has 0 radical (unpaired) electrons. The van der Waals surface area contributed by atoms with E-state index in [0.29, 0.717) is 12.1 Å². The van der Waals surface area contributed by atoms with Crippen molar-refractivity contribution in [3.8, 4) is 6.07 Å². The number of primary amides is 1. The van der Waals surface area contributed by atoms with Gasteiger partial charge in [0.1, 0.15) is 0 Å². The summed E-state index contributed by atoms with van der Waals surface area (Å²) in [6.07, 6.45) is 2.41. The molecule has 0 aliphatic rings. The Balaban J connectivity index is 2.75. The van der Waals surface area contributed by atoms with E-state index in [-0.39, 0.29) is 12.3 Å². The maximum absolute atomic E-state index is 11.0. The number of nitrogens with two attached hydrogens (primary N) is 1. The second-order valence-electron chi connectivity index (χ2n) is 4.56. The highest BCUT2D eigenvalue weighted by atomic mass is 16.1. The number of hydrogen-bond donors (Lipinski definition) is 1. The van der Waals surface area contributed by atoms with Gasteiger partial charge in [0.25, 0.3) is 0 Å². The third-order valence-corrected chi connectivity index (χ3v) is 2.64. The van der Waals surface area contributed by atoms with E-state index in [9.17, 15) is 4.79 Å². The van der Waals surface area contributed by atoms with Crippen LogP contribution in [0.3, 0.4) is 0 Å². The predicted octanol–water partition coefficient (Wildman–Crippen LogP) is 1.12. The third-order valence-electron chi connectivity index (χ3n) is 2.64. The van der Waals surface area contributed by atoms with E-state index < -0.39 is 5.91 Å². The summed E-state index contributed by atoms with van der Waals surface area (Å²) in [5.41, 5.74) is 6.82. The Morgan fingerprint density at radius 1 is 1.50 bits per heavy atom. The maximum Gasteiger partial charge on any atom is 0.223 e. The zero-order valence-electron chi connectivity index (χ0n) is 10.9. The van der Waals surface area contributed by atoms with Crippen LogP contribution in [0.2, 0.25) is 0 Å². The summed E-state index contributed by atoms with van der Waals surface area (Å²) >= 11 is 0. The van der Waals surface area contributed by atoms with Crippen LogP contribution in [-0.4, -0.2) is 20.9 Å². The van der Waals surface area contributed by atoms with Gasteiger partial charge in [-0.1, -0.05) is 19.1 Å². The summed E-state index contributed by atoms with van der Waals surface area (Å²) < 4.78 is 1.82. The number of amides is 1. The average molecular weight is 249 g/mol. The fraction of sp³-hybridized carbons (Fsp3) is 0.667. The minimum atomic E-state index is -0.395. The highest BCUT2D eigenvalue weighted by molar-refractivity contribution is 5.76. The lowest BCUT2D eigenvalue weighted by Crippen LogP contribution is -2.16. The van der Waals surface area contributed by atoms with Gasteiger partial charge in [0.05, 0.1) is 23.9 Å². The number of carbonyl (C=O) groups is 1. The fourth-order valence-electron chi connectivity index (χ4n) is 1.91. The Labute approximate surface area is 107 Å². The van der Waals surface area contributed by atoms with E-state index in [1.807, 2.05) is 18.5 Å². The molecule has 2 N–H and O–H groups in total. The van der Waals surface area contributed by atoms with Crippen LogP contribution in [0.4, 0.5) is 0 Å². The van der Waals surface area contributed by atoms with Crippen LogP contribution >= 0.6 is 0 Å². The zero-order valence-corrected chi connectivity index (χ0v) is 10.9. The van der Waals surface area contributed by atoms with E-state index in [1.54, 1.807) is 0 Å². The van der Waals surface area contributed by atoms with Crippen LogP contribution in [-0.2, 0) is 17.8 Å². The van der Waals surface area contributed by atoms with Gasteiger partial charge in [-0.3, -0.25) is 4.79 Å². The second-order valence-corrected chi connectivity index (χ2v) is 4.56. The van der Waals surface area contributed by atoms with Crippen molar-refractivity contribution in [2.75, 3.05) is 0 Å². The van der Waals surface area contributed by atoms with Crippen LogP contribution < -0.4 is 5.73 Å². The summed E-state index contributed by atoms with van der Waals surface area (Å²) in [7, 11) is 0. The van der Waals surface area contributed by atoms with Crippen molar-refractivity contribution < 1.29 is 4.79 Å². The molecule has 0 saturated carbocycles. The van der Waals surface area contributed by atoms with Crippen LogP contribution in [0.25, 0.3) is 0 Å². The van der Waals surface area contributed by atoms with Crippen LogP contribution in [0.15, 0.2) is 0 Å². The van der Waals surface area contributed by atoms with Crippen LogP contribution in [0.5, 0.6) is 0 Å². The van der Waals surface area contributed by atoms with Gasteiger partial charge >= 0.3 is 0 Å². The number of rotatable bonds is 7. The van der Waals surface area contributed by atoms with Gasteiger partial charge in [-0.25, -0.2) is 4.68 Å². The number of nitriles is 1. The minimum Gasteiger partial charge on any atom is -0.369 e. The Bertz CT molecular complexity index is 444. The van der Waals surface area contributed by atoms with E-state index in [2.05, 4.69) is 16.4 Å². The highest BCUT2D eigenvalue weighted by Gasteiger charge is 2.17. The van der Waals surface area contributed by atoms with Crippen molar-refractivity contribution in [1.82, 2.24) is 15.0 Å². The Hall–Kier alpha value is -1.90. The first-order valence-electron chi connectivity index (χ1n) is 6.13. The van der Waals surface area contributed by atoms with E-state index in [1.165, 1.54) is 0 Å². The standard InChI is InChI=1S/C12H19N5O/c1-9(2)12-10(8-11(14)18)15-16-17(12)7-5-3-4-6-13/h9H,3-5,7-8H2,1-2H3,(H2,14,18).